The number of hydrogen-bond donors (Lipinski definition) is 2. The summed E-state index contributed by atoms with van der Waals surface area (Å²) >= 11 is 0. The second kappa shape index (κ2) is 2.97. The Balaban J connectivity index is 2.85. The molecule has 1 rings (SSSR count). The summed E-state index contributed by atoms with van der Waals surface area (Å²) in [5.41, 5.74) is 8.51. The minimum atomic E-state index is -0.606. The van der Waals surface area contributed by atoms with Gasteiger partial charge in [0.25, 0.3) is 0 Å². The Labute approximate surface area is 84.9 Å². The average molecular weight is 197 g/mol. The van der Waals surface area contributed by atoms with Crippen molar-refractivity contribution in [1.29, 1.82) is 0 Å². The summed E-state index contributed by atoms with van der Waals surface area (Å²) in [5, 5.41) is 4.05. The lowest BCUT2D eigenvalue weighted by molar-refractivity contribution is 0.0695. The van der Waals surface area contributed by atoms with Crippen LogP contribution in [0.15, 0.2) is 5.10 Å². The van der Waals surface area contributed by atoms with Gasteiger partial charge in [0, 0.05) is 17.0 Å². The molecule has 2 amide bonds. The quantitative estimate of drug-likeness (QED) is 0.617. The molecule has 1 aliphatic carbocycles. The van der Waals surface area contributed by atoms with E-state index in [9.17, 15) is 4.79 Å². The Hall–Kier alpha value is -1.06. The van der Waals surface area contributed by atoms with Crippen LogP contribution in [0.5, 0.6) is 0 Å². The highest BCUT2D eigenvalue weighted by Gasteiger charge is 2.57. The van der Waals surface area contributed by atoms with Crippen LogP contribution in [0.1, 0.15) is 34.6 Å². The highest BCUT2D eigenvalue weighted by molar-refractivity contribution is 5.99. The molecule has 0 spiro atoms. The molecular weight excluding hydrogens is 178 g/mol. The van der Waals surface area contributed by atoms with Gasteiger partial charge in [-0.15, -0.1) is 0 Å². The van der Waals surface area contributed by atoms with E-state index in [-0.39, 0.29) is 10.8 Å². The number of hydrazone groups is 1. The molecule has 0 aromatic heterocycles. The average Bonchev–Trinajstić information content (AvgIpc) is 2.02. The fourth-order valence-electron chi connectivity index (χ4n) is 2.03. The van der Waals surface area contributed by atoms with Crippen molar-refractivity contribution in [2.45, 2.75) is 34.6 Å². The van der Waals surface area contributed by atoms with Gasteiger partial charge in [0.05, 0.1) is 0 Å². The molecule has 1 fully saturated rings. The molecule has 4 heteroatoms. The summed E-state index contributed by atoms with van der Waals surface area (Å²) in [6.45, 7) is 10.8. The molecule has 80 valence electrons. The SMILES string of the molecule is CC1/C(=N\NC(N)=O)C(C)(C)C1(C)C. The molecule has 14 heavy (non-hydrogen) atoms. The Morgan fingerprint density at radius 3 is 2.29 bits per heavy atom. The molecule has 1 saturated carbocycles. The number of nitrogens with zero attached hydrogens (tertiary/aromatic N) is 1. The van der Waals surface area contributed by atoms with E-state index in [1.54, 1.807) is 0 Å². The Morgan fingerprint density at radius 2 is 1.93 bits per heavy atom. The first-order valence-electron chi connectivity index (χ1n) is 4.84. The molecule has 0 saturated heterocycles. The molecule has 1 unspecified atom stereocenters. The van der Waals surface area contributed by atoms with Gasteiger partial charge in [0.1, 0.15) is 0 Å². The number of rotatable bonds is 1. The van der Waals surface area contributed by atoms with E-state index < -0.39 is 6.03 Å². The zero-order valence-corrected chi connectivity index (χ0v) is 9.51. The third-order valence-electron chi connectivity index (χ3n) is 4.03. The van der Waals surface area contributed by atoms with Crippen molar-refractivity contribution < 1.29 is 4.79 Å². The van der Waals surface area contributed by atoms with Gasteiger partial charge in [-0.25, -0.2) is 10.2 Å². The van der Waals surface area contributed by atoms with Crippen molar-refractivity contribution in [3.63, 3.8) is 0 Å². The van der Waals surface area contributed by atoms with Crippen LogP contribution in [0.25, 0.3) is 0 Å². The first-order valence-corrected chi connectivity index (χ1v) is 4.84. The van der Waals surface area contributed by atoms with Gasteiger partial charge in [-0.2, -0.15) is 5.10 Å². The maximum absolute atomic E-state index is 10.5. The summed E-state index contributed by atoms with van der Waals surface area (Å²) in [6, 6.07) is -0.606. The molecule has 3 N–H and O–H groups in total. The summed E-state index contributed by atoms with van der Waals surface area (Å²) in [7, 11) is 0. The van der Waals surface area contributed by atoms with Crippen molar-refractivity contribution >= 4 is 11.7 Å². The highest BCUT2D eigenvalue weighted by Crippen LogP contribution is 2.57. The highest BCUT2D eigenvalue weighted by atomic mass is 16.2. The van der Waals surface area contributed by atoms with Crippen LogP contribution in [-0.4, -0.2) is 11.7 Å². The molecule has 0 aromatic carbocycles. The molecule has 0 aliphatic heterocycles. The minimum absolute atomic E-state index is 0.0227. The number of nitrogens with two attached hydrogens (primary N) is 1. The Kier molecular flexibility index (Phi) is 2.34. The van der Waals surface area contributed by atoms with Gasteiger partial charge in [0.2, 0.25) is 0 Å². The number of primary amides is 1. The van der Waals surface area contributed by atoms with Gasteiger partial charge < -0.3 is 5.73 Å². The van der Waals surface area contributed by atoms with Crippen LogP contribution in [-0.2, 0) is 0 Å². The fraction of sp³-hybridized carbons (Fsp3) is 0.800. The second-order valence-electron chi connectivity index (χ2n) is 5.04. The zero-order chi connectivity index (χ0) is 11.1. The topological polar surface area (TPSA) is 67.5 Å². The van der Waals surface area contributed by atoms with Crippen molar-refractivity contribution in [2.24, 2.45) is 27.6 Å². The van der Waals surface area contributed by atoms with Crippen LogP contribution in [0.4, 0.5) is 4.79 Å². The van der Waals surface area contributed by atoms with Crippen LogP contribution < -0.4 is 11.2 Å². The van der Waals surface area contributed by atoms with E-state index in [1.165, 1.54) is 0 Å². The fourth-order valence-corrected chi connectivity index (χ4v) is 2.03. The summed E-state index contributed by atoms with van der Waals surface area (Å²) in [6.07, 6.45) is 0. The van der Waals surface area contributed by atoms with E-state index in [0.29, 0.717) is 5.92 Å². The normalized spacial score (nSPS) is 30.9. The number of hydrogen-bond acceptors (Lipinski definition) is 2. The molecule has 0 heterocycles. The minimum Gasteiger partial charge on any atom is -0.350 e. The van der Waals surface area contributed by atoms with E-state index >= 15 is 0 Å². The van der Waals surface area contributed by atoms with Gasteiger partial charge in [0.15, 0.2) is 0 Å². The number of nitrogens with one attached hydrogen (secondary N) is 1. The summed E-state index contributed by atoms with van der Waals surface area (Å²) < 4.78 is 0. The maximum Gasteiger partial charge on any atom is 0.332 e. The van der Waals surface area contributed by atoms with E-state index in [2.05, 4.69) is 45.1 Å². The number of amides is 2. The molecule has 0 aromatic rings. The standard InChI is InChI=1S/C10H19N3O/c1-6-7(12-13-8(11)14)10(4,5)9(6,2)3/h6H,1-5H3,(H3,11,13,14)/b12-7+. The summed E-state index contributed by atoms with van der Waals surface area (Å²) in [4.78, 5) is 10.5. The Bertz CT molecular complexity index is 292. The number of urea groups is 1. The lowest BCUT2D eigenvalue weighted by Crippen LogP contribution is -2.60. The molecule has 0 radical (unpaired) electrons. The largest absolute Gasteiger partial charge is 0.350 e. The van der Waals surface area contributed by atoms with Crippen LogP contribution in [0.2, 0.25) is 0 Å². The molecule has 1 aliphatic rings. The monoisotopic (exact) mass is 197 g/mol. The third-order valence-corrected chi connectivity index (χ3v) is 4.03. The van der Waals surface area contributed by atoms with Crippen molar-refractivity contribution in [3.05, 3.63) is 0 Å². The lowest BCUT2D eigenvalue weighted by Gasteiger charge is -2.58. The molecular formula is C10H19N3O. The van der Waals surface area contributed by atoms with E-state index in [4.69, 9.17) is 5.73 Å². The second-order valence-corrected chi connectivity index (χ2v) is 5.04. The Morgan fingerprint density at radius 1 is 1.43 bits per heavy atom. The van der Waals surface area contributed by atoms with Crippen LogP contribution >= 0.6 is 0 Å². The van der Waals surface area contributed by atoms with Crippen molar-refractivity contribution in [2.75, 3.05) is 0 Å². The number of carbonyl (C=O) groups is 1. The molecule has 4 nitrogen and oxygen atoms in total. The predicted molar refractivity (Wildman–Crippen MR) is 56.9 cm³/mol. The van der Waals surface area contributed by atoms with Crippen LogP contribution in [0, 0.1) is 16.7 Å². The van der Waals surface area contributed by atoms with E-state index in [1.807, 2.05) is 0 Å². The smallest absolute Gasteiger partial charge is 0.332 e. The van der Waals surface area contributed by atoms with Gasteiger partial charge in [-0.1, -0.05) is 34.6 Å². The first-order chi connectivity index (χ1) is 6.21. The lowest BCUT2D eigenvalue weighted by atomic mass is 9.46. The maximum atomic E-state index is 10.5. The van der Waals surface area contributed by atoms with Crippen molar-refractivity contribution in [3.8, 4) is 0 Å². The first kappa shape index (κ1) is 11.0. The predicted octanol–water partition coefficient (Wildman–Crippen LogP) is 1.71. The van der Waals surface area contributed by atoms with E-state index in [0.717, 1.165) is 5.71 Å². The molecule has 1 atom stereocenters. The van der Waals surface area contributed by atoms with Gasteiger partial charge in [-0.3, -0.25) is 0 Å². The van der Waals surface area contributed by atoms with Crippen LogP contribution in [0.3, 0.4) is 0 Å². The van der Waals surface area contributed by atoms with Gasteiger partial charge in [-0.05, 0) is 5.41 Å². The number of carbonyl (C=O) groups excluding carboxylic acids is 1. The zero-order valence-electron chi connectivity index (χ0n) is 9.51. The summed E-state index contributed by atoms with van der Waals surface area (Å²) in [5.74, 6) is 0.379. The molecule has 0 bridgehead atoms. The van der Waals surface area contributed by atoms with Gasteiger partial charge >= 0.3 is 6.03 Å². The van der Waals surface area contributed by atoms with Crippen molar-refractivity contribution in [1.82, 2.24) is 5.43 Å². The third kappa shape index (κ3) is 1.29.